The fourth-order valence-corrected chi connectivity index (χ4v) is 4.24. The zero-order valence-electron chi connectivity index (χ0n) is 15.4. The van der Waals surface area contributed by atoms with Gasteiger partial charge in [-0.05, 0) is 18.9 Å². The molecule has 0 saturated heterocycles. The van der Waals surface area contributed by atoms with Crippen LogP contribution in [0.3, 0.4) is 0 Å². The molecule has 7 heteroatoms. The largest absolute Gasteiger partial charge is 0.420 e. The van der Waals surface area contributed by atoms with E-state index >= 15 is 0 Å². The maximum Gasteiger partial charge on any atom is 0.247 e. The van der Waals surface area contributed by atoms with Gasteiger partial charge in [0.05, 0.1) is 5.56 Å². The second kappa shape index (κ2) is 6.16. The van der Waals surface area contributed by atoms with E-state index in [2.05, 4.69) is 16.3 Å². The molecule has 7 nitrogen and oxygen atoms in total. The molecule has 138 valence electrons. The smallest absolute Gasteiger partial charge is 0.247 e. The predicted molar refractivity (Wildman–Crippen MR) is 99.9 cm³/mol. The second-order valence-corrected chi connectivity index (χ2v) is 6.81. The van der Waals surface area contributed by atoms with Gasteiger partial charge in [-0.1, -0.05) is 38.5 Å². The summed E-state index contributed by atoms with van der Waals surface area (Å²) in [5.74, 6) is 0.0332. The van der Waals surface area contributed by atoms with E-state index in [9.17, 15) is 10.1 Å². The lowest BCUT2D eigenvalue weighted by Gasteiger charge is -2.32. The summed E-state index contributed by atoms with van der Waals surface area (Å²) >= 11 is 0. The molecule has 0 aliphatic carbocycles. The molecule has 1 atom stereocenters. The minimum atomic E-state index is -1.31. The summed E-state index contributed by atoms with van der Waals surface area (Å²) in [6.45, 7) is 4.63. The van der Waals surface area contributed by atoms with E-state index in [1.165, 1.54) is 0 Å². The third-order valence-corrected chi connectivity index (χ3v) is 5.23. The van der Waals surface area contributed by atoms with E-state index in [0.717, 1.165) is 29.8 Å². The van der Waals surface area contributed by atoms with E-state index in [-0.39, 0.29) is 23.2 Å². The molecule has 3 N–H and O–H groups in total. The number of hydrogen-bond acceptors (Lipinski definition) is 5. The summed E-state index contributed by atoms with van der Waals surface area (Å²) in [6.07, 6.45) is 2.35. The molecule has 0 fully saturated rings. The van der Waals surface area contributed by atoms with Crippen LogP contribution in [0.4, 0.5) is 5.69 Å². The number of aromatic amines is 1. The van der Waals surface area contributed by atoms with Crippen LogP contribution in [0.25, 0.3) is 0 Å². The van der Waals surface area contributed by atoms with E-state index < -0.39 is 5.41 Å². The summed E-state index contributed by atoms with van der Waals surface area (Å²) in [4.78, 5) is 15.6. The molecule has 0 saturated carbocycles. The van der Waals surface area contributed by atoms with Gasteiger partial charge in [-0.25, -0.2) is 0 Å². The first-order chi connectivity index (χ1) is 13.1. The van der Waals surface area contributed by atoms with Crippen LogP contribution < -0.4 is 15.4 Å². The molecular weight excluding hydrogens is 342 g/mol. The monoisotopic (exact) mass is 363 g/mol. The first-order valence-electron chi connectivity index (χ1n) is 9.18. The first-order valence-corrected chi connectivity index (χ1v) is 9.18. The Morgan fingerprint density at radius 1 is 1.33 bits per heavy atom. The summed E-state index contributed by atoms with van der Waals surface area (Å²) in [5, 5.41) is 17.2. The van der Waals surface area contributed by atoms with E-state index in [1.54, 1.807) is 4.90 Å². The fourth-order valence-electron chi connectivity index (χ4n) is 4.24. The van der Waals surface area contributed by atoms with Gasteiger partial charge in [-0.2, -0.15) is 5.26 Å². The van der Waals surface area contributed by atoms with Gasteiger partial charge in [0.15, 0.2) is 0 Å². The van der Waals surface area contributed by atoms with Gasteiger partial charge in [0.1, 0.15) is 17.1 Å². The average molecular weight is 363 g/mol. The standard InChI is InChI=1S/C20H21N5O2/c1-3-7-14-16-18(24-23-14)27-17(22)13(11-21)20(16)12-8-5-6-9-15(12)25(10-4-2)19(20)26/h5-6,8-9H,3-4,7,10,22H2,1-2H3,(H,23,24). The Hall–Kier alpha value is -3.27. The molecule has 2 aromatic rings. The van der Waals surface area contributed by atoms with Crippen LogP contribution in [0, 0.1) is 11.3 Å². The summed E-state index contributed by atoms with van der Waals surface area (Å²) in [7, 11) is 0. The predicted octanol–water partition coefficient (Wildman–Crippen LogP) is 2.49. The summed E-state index contributed by atoms with van der Waals surface area (Å²) in [5.41, 5.74) is 7.89. The van der Waals surface area contributed by atoms with Crippen molar-refractivity contribution in [1.82, 2.24) is 10.2 Å². The normalized spacial score (nSPS) is 20.5. The number of H-pyrrole nitrogens is 1. The Morgan fingerprint density at radius 3 is 2.81 bits per heavy atom. The molecule has 1 unspecified atom stereocenters. The van der Waals surface area contributed by atoms with Crippen molar-refractivity contribution in [2.45, 2.75) is 38.5 Å². The SMILES string of the molecule is CCCc1[nH]nc2c1C1(C(=O)N(CCC)c3ccccc31)C(C#N)=C(N)O2. The first kappa shape index (κ1) is 17.2. The quantitative estimate of drug-likeness (QED) is 0.867. The fraction of sp³-hybridized carbons (Fsp3) is 0.350. The van der Waals surface area contributed by atoms with Gasteiger partial charge < -0.3 is 15.4 Å². The Kier molecular flexibility index (Phi) is 3.92. The number of ether oxygens (including phenoxy) is 1. The highest BCUT2D eigenvalue weighted by molar-refractivity contribution is 6.14. The van der Waals surface area contributed by atoms with Crippen molar-refractivity contribution in [3.63, 3.8) is 0 Å². The summed E-state index contributed by atoms with van der Waals surface area (Å²) < 4.78 is 5.63. The lowest BCUT2D eigenvalue weighted by atomic mass is 9.68. The molecule has 1 aromatic heterocycles. The van der Waals surface area contributed by atoms with Gasteiger partial charge in [0, 0.05) is 23.5 Å². The van der Waals surface area contributed by atoms with Crippen molar-refractivity contribution in [3.8, 4) is 11.9 Å². The number of fused-ring (bicyclic) bond motifs is 4. The number of amides is 1. The van der Waals surface area contributed by atoms with Gasteiger partial charge >= 0.3 is 0 Å². The van der Waals surface area contributed by atoms with E-state index in [0.29, 0.717) is 18.5 Å². The van der Waals surface area contributed by atoms with Gasteiger partial charge in [0.25, 0.3) is 0 Å². The zero-order chi connectivity index (χ0) is 19.2. The van der Waals surface area contributed by atoms with Crippen molar-refractivity contribution < 1.29 is 9.53 Å². The number of aryl methyl sites for hydroxylation is 1. The number of nitrogens with two attached hydrogens (primary N) is 1. The zero-order valence-corrected chi connectivity index (χ0v) is 15.4. The van der Waals surface area contributed by atoms with Crippen LogP contribution in [0.5, 0.6) is 5.88 Å². The molecular formula is C20H21N5O2. The van der Waals surface area contributed by atoms with Crippen LogP contribution in [-0.4, -0.2) is 22.6 Å². The van der Waals surface area contributed by atoms with Gasteiger partial charge in [-0.15, -0.1) is 5.10 Å². The number of carbonyl (C=O) groups is 1. The van der Waals surface area contributed by atoms with Crippen LogP contribution >= 0.6 is 0 Å². The number of hydrogen-bond donors (Lipinski definition) is 2. The van der Waals surface area contributed by atoms with Crippen molar-refractivity contribution in [2.24, 2.45) is 5.73 Å². The van der Waals surface area contributed by atoms with E-state index in [1.807, 2.05) is 38.1 Å². The molecule has 0 bridgehead atoms. The number of nitriles is 1. The lowest BCUT2D eigenvalue weighted by molar-refractivity contribution is -0.121. The molecule has 1 spiro atoms. The third-order valence-electron chi connectivity index (χ3n) is 5.23. The van der Waals surface area contributed by atoms with Crippen molar-refractivity contribution in [3.05, 3.63) is 52.5 Å². The Labute approximate surface area is 157 Å². The maximum atomic E-state index is 13.8. The topological polar surface area (TPSA) is 108 Å². The lowest BCUT2D eigenvalue weighted by Crippen LogP contribution is -2.46. The van der Waals surface area contributed by atoms with Gasteiger partial charge in [0.2, 0.25) is 17.7 Å². The van der Waals surface area contributed by atoms with Crippen molar-refractivity contribution >= 4 is 11.6 Å². The molecule has 27 heavy (non-hydrogen) atoms. The summed E-state index contributed by atoms with van der Waals surface area (Å²) in [6, 6.07) is 9.75. The minimum Gasteiger partial charge on any atom is -0.420 e. The maximum absolute atomic E-state index is 13.8. The highest BCUT2D eigenvalue weighted by atomic mass is 16.5. The molecule has 2 aliphatic heterocycles. The molecule has 2 aliphatic rings. The number of benzene rings is 1. The molecule has 1 aromatic carbocycles. The number of para-hydroxylation sites is 1. The number of nitrogens with zero attached hydrogens (tertiary/aromatic N) is 3. The Bertz CT molecular complexity index is 1000. The molecule has 3 heterocycles. The number of carbonyl (C=O) groups excluding carboxylic acids is 1. The molecule has 4 rings (SSSR count). The van der Waals surface area contributed by atoms with Crippen molar-refractivity contribution in [1.29, 1.82) is 5.26 Å². The average Bonchev–Trinajstić information content (AvgIpc) is 3.16. The van der Waals surface area contributed by atoms with Crippen molar-refractivity contribution in [2.75, 3.05) is 11.4 Å². The highest BCUT2D eigenvalue weighted by Gasteiger charge is 2.60. The molecule has 1 amide bonds. The van der Waals surface area contributed by atoms with Crippen LogP contribution in [0.1, 0.15) is 43.5 Å². The Balaban J connectivity index is 2.11. The third kappa shape index (κ3) is 2.07. The second-order valence-electron chi connectivity index (χ2n) is 6.81. The Morgan fingerprint density at radius 2 is 2.11 bits per heavy atom. The number of anilines is 1. The van der Waals surface area contributed by atoms with Crippen LogP contribution in [0.2, 0.25) is 0 Å². The number of aromatic nitrogens is 2. The minimum absolute atomic E-state index is 0.0685. The van der Waals surface area contributed by atoms with Crippen LogP contribution in [-0.2, 0) is 16.6 Å². The molecule has 0 radical (unpaired) electrons. The van der Waals surface area contributed by atoms with Crippen LogP contribution in [0.15, 0.2) is 35.7 Å². The highest BCUT2D eigenvalue weighted by Crippen LogP contribution is 2.55. The van der Waals surface area contributed by atoms with Gasteiger partial charge in [-0.3, -0.25) is 9.89 Å². The number of rotatable bonds is 4. The van der Waals surface area contributed by atoms with E-state index in [4.69, 9.17) is 10.5 Å². The number of nitrogens with one attached hydrogen (secondary N) is 1.